The maximum absolute atomic E-state index is 12.0. The van der Waals surface area contributed by atoms with Crippen LogP contribution in [0.5, 0.6) is 0 Å². The van der Waals surface area contributed by atoms with Crippen molar-refractivity contribution < 1.29 is 4.79 Å². The first kappa shape index (κ1) is 13.3. The summed E-state index contributed by atoms with van der Waals surface area (Å²) >= 11 is 0. The summed E-state index contributed by atoms with van der Waals surface area (Å²) in [6.07, 6.45) is 8.61. The monoisotopic (exact) mass is 262 g/mol. The molecule has 19 heavy (non-hydrogen) atoms. The molecule has 0 spiro atoms. The molecule has 3 N–H and O–H groups in total. The van der Waals surface area contributed by atoms with Crippen molar-refractivity contribution in [2.24, 2.45) is 5.73 Å². The van der Waals surface area contributed by atoms with Gasteiger partial charge >= 0.3 is 0 Å². The number of aromatic nitrogens is 4. The fourth-order valence-electron chi connectivity index (χ4n) is 1.80. The molecule has 0 saturated carbocycles. The molecule has 0 fully saturated rings. The standard InChI is InChI=1S/C12H18N6O/c1-10(6-18-5-3-14-8-18)16-12(19)11-7-17(4-2-13)9-15-11/h3,5,7-10H,2,4,6,13H2,1H3,(H,16,19). The Kier molecular flexibility index (Phi) is 4.30. The van der Waals surface area contributed by atoms with Crippen molar-refractivity contribution >= 4 is 5.91 Å². The summed E-state index contributed by atoms with van der Waals surface area (Å²) in [5, 5.41) is 2.90. The maximum atomic E-state index is 12.0. The first-order valence-electron chi connectivity index (χ1n) is 6.17. The molecular formula is C12H18N6O. The third-order valence-corrected chi connectivity index (χ3v) is 2.67. The lowest BCUT2D eigenvalue weighted by Crippen LogP contribution is -2.35. The quantitative estimate of drug-likeness (QED) is 0.758. The summed E-state index contributed by atoms with van der Waals surface area (Å²) in [6.45, 7) is 3.79. The molecule has 2 heterocycles. The number of amides is 1. The second-order valence-corrected chi connectivity index (χ2v) is 4.42. The zero-order valence-electron chi connectivity index (χ0n) is 10.9. The Morgan fingerprint density at radius 2 is 2.32 bits per heavy atom. The molecule has 7 heteroatoms. The van der Waals surface area contributed by atoms with Gasteiger partial charge in [0.05, 0.1) is 12.7 Å². The fourth-order valence-corrected chi connectivity index (χ4v) is 1.80. The molecule has 0 aliphatic heterocycles. The van der Waals surface area contributed by atoms with Gasteiger partial charge in [-0.15, -0.1) is 0 Å². The molecule has 0 aliphatic rings. The highest BCUT2D eigenvalue weighted by Crippen LogP contribution is 1.98. The minimum Gasteiger partial charge on any atom is -0.346 e. The number of rotatable bonds is 6. The average molecular weight is 262 g/mol. The van der Waals surface area contributed by atoms with Crippen molar-refractivity contribution in [1.29, 1.82) is 0 Å². The van der Waals surface area contributed by atoms with Gasteiger partial charge < -0.3 is 20.2 Å². The van der Waals surface area contributed by atoms with Crippen LogP contribution in [0.1, 0.15) is 17.4 Å². The third-order valence-electron chi connectivity index (χ3n) is 2.67. The summed E-state index contributed by atoms with van der Waals surface area (Å²) in [4.78, 5) is 20.0. The van der Waals surface area contributed by atoms with E-state index in [1.165, 1.54) is 0 Å². The topological polar surface area (TPSA) is 90.8 Å². The predicted octanol–water partition coefficient (Wildman–Crippen LogP) is -0.143. The van der Waals surface area contributed by atoms with Gasteiger partial charge in [-0.3, -0.25) is 4.79 Å². The Bertz CT molecular complexity index is 518. The highest BCUT2D eigenvalue weighted by molar-refractivity contribution is 5.92. The van der Waals surface area contributed by atoms with Crippen molar-refractivity contribution in [1.82, 2.24) is 24.4 Å². The molecule has 1 amide bonds. The summed E-state index contributed by atoms with van der Waals surface area (Å²) in [5.74, 6) is -0.177. The van der Waals surface area contributed by atoms with Gasteiger partial charge in [-0.25, -0.2) is 9.97 Å². The largest absolute Gasteiger partial charge is 0.346 e. The van der Waals surface area contributed by atoms with E-state index in [9.17, 15) is 4.79 Å². The predicted molar refractivity (Wildman–Crippen MR) is 70.4 cm³/mol. The van der Waals surface area contributed by atoms with Crippen LogP contribution in [0.15, 0.2) is 31.2 Å². The molecule has 1 atom stereocenters. The zero-order valence-corrected chi connectivity index (χ0v) is 10.9. The SMILES string of the molecule is CC(Cn1ccnc1)NC(=O)c1cn(CCN)cn1. The third kappa shape index (κ3) is 3.65. The van der Waals surface area contributed by atoms with E-state index in [-0.39, 0.29) is 11.9 Å². The highest BCUT2D eigenvalue weighted by Gasteiger charge is 2.12. The molecule has 0 bridgehead atoms. The van der Waals surface area contributed by atoms with Crippen LogP contribution in [0.3, 0.4) is 0 Å². The van der Waals surface area contributed by atoms with Crippen LogP contribution >= 0.6 is 0 Å². The van der Waals surface area contributed by atoms with Crippen LogP contribution in [0.25, 0.3) is 0 Å². The van der Waals surface area contributed by atoms with E-state index in [0.717, 1.165) is 0 Å². The normalized spacial score (nSPS) is 12.3. The molecule has 2 rings (SSSR count). The highest BCUT2D eigenvalue weighted by atomic mass is 16.2. The van der Waals surface area contributed by atoms with E-state index >= 15 is 0 Å². The van der Waals surface area contributed by atoms with Crippen LogP contribution in [0.4, 0.5) is 0 Å². The number of nitrogens with one attached hydrogen (secondary N) is 1. The molecule has 0 saturated heterocycles. The Morgan fingerprint density at radius 1 is 1.47 bits per heavy atom. The number of carbonyl (C=O) groups excluding carboxylic acids is 1. The summed E-state index contributed by atoms with van der Waals surface area (Å²) < 4.78 is 3.72. The van der Waals surface area contributed by atoms with E-state index in [1.807, 2.05) is 17.7 Å². The maximum Gasteiger partial charge on any atom is 0.271 e. The summed E-state index contributed by atoms with van der Waals surface area (Å²) in [5.41, 5.74) is 5.85. The van der Waals surface area contributed by atoms with Crippen LogP contribution in [-0.4, -0.2) is 37.6 Å². The lowest BCUT2D eigenvalue weighted by molar-refractivity contribution is 0.0932. The molecule has 102 valence electrons. The van der Waals surface area contributed by atoms with Crippen molar-refractivity contribution in [3.05, 3.63) is 36.9 Å². The van der Waals surface area contributed by atoms with E-state index < -0.39 is 0 Å². The van der Waals surface area contributed by atoms with E-state index in [1.54, 1.807) is 29.6 Å². The number of imidazole rings is 2. The molecular weight excluding hydrogens is 244 g/mol. The first-order chi connectivity index (χ1) is 9.19. The molecule has 7 nitrogen and oxygen atoms in total. The smallest absolute Gasteiger partial charge is 0.271 e. The van der Waals surface area contributed by atoms with E-state index in [4.69, 9.17) is 5.73 Å². The Hall–Kier alpha value is -2.15. The van der Waals surface area contributed by atoms with Crippen molar-refractivity contribution in [3.63, 3.8) is 0 Å². The van der Waals surface area contributed by atoms with Gasteiger partial charge in [-0.2, -0.15) is 0 Å². The fraction of sp³-hybridized carbons (Fsp3) is 0.417. The lowest BCUT2D eigenvalue weighted by Gasteiger charge is -2.13. The van der Waals surface area contributed by atoms with Crippen LogP contribution in [-0.2, 0) is 13.1 Å². The van der Waals surface area contributed by atoms with E-state index in [2.05, 4.69) is 15.3 Å². The second-order valence-electron chi connectivity index (χ2n) is 4.42. The number of hydrogen-bond donors (Lipinski definition) is 2. The van der Waals surface area contributed by atoms with Crippen molar-refractivity contribution in [3.8, 4) is 0 Å². The van der Waals surface area contributed by atoms with Gasteiger partial charge in [0.25, 0.3) is 5.91 Å². The number of nitrogens with zero attached hydrogens (tertiary/aromatic N) is 4. The van der Waals surface area contributed by atoms with Gasteiger partial charge in [0.1, 0.15) is 5.69 Å². The molecule has 2 aromatic rings. The number of nitrogens with two attached hydrogens (primary N) is 1. The number of carbonyl (C=O) groups is 1. The average Bonchev–Trinajstić information content (AvgIpc) is 3.00. The zero-order chi connectivity index (χ0) is 13.7. The molecule has 0 radical (unpaired) electrons. The van der Waals surface area contributed by atoms with Gasteiger partial charge in [-0.1, -0.05) is 0 Å². The van der Waals surface area contributed by atoms with Crippen LogP contribution in [0, 0.1) is 0 Å². The van der Waals surface area contributed by atoms with Gasteiger partial charge in [0, 0.05) is 44.3 Å². The summed E-state index contributed by atoms with van der Waals surface area (Å²) in [6, 6.07) is 0.00126. The molecule has 0 aromatic carbocycles. The summed E-state index contributed by atoms with van der Waals surface area (Å²) in [7, 11) is 0. The van der Waals surface area contributed by atoms with E-state index in [0.29, 0.717) is 25.3 Å². The van der Waals surface area contributed by atoms with Crippen LogP contribution < -0.4 is 11.1 Å². The molecule has 0 aliphatic carbocycles. The van der Waals surface area contributed by atoms with Crippen molar-refractivity contribution in [2.75, 3.05) is 6.54 Å². The Balaban J connectivity index is 1.88. The van der Waals surface area contributed by atoms with Crippen molar-refractivity contribution in [2.45, 2.75) is 26.1 Å². The number of hydrogen-bond acceptors (Lipinski definition) is 4. The van der Waals surface area contributed by atoms with Gasteiger partial charge in [0.2, 0.25) is 0 Å². The minimum absolute atomic E-state index is 0.00126. The van der Waals surface area contributed by atoms with Crippen LogP contribution in [0.2, 0.25) is 0 Å². The molecule has 1 unspecified atom stereocenters. The molecule has 2 aromatic heterocycles. The van der Waals surface area contributed by atoms with Gasteiger partial charge in [0.15, 0.2) is 0 Å². The Labute approximate surface area is 111 Å². The lowest BCUT2D eigenvalue weighted by atomic mass is 10.3. The second kappa shape index (κ2) is 6.14. The first-order valence-corrected chi connectivity index (χ1v) is 6.17. The minimum atomic E-state index is -0.177. The Morgan fingerprint density at radius 3 is 3.00 bits per heavy atom. The van der Waals surface area contributed by atoms with Gasteiger partial charge in [-0.05, 0) is 6.92 Å².